The Bertz CT molecular complexity index is 484. The Hall–Kier alpha value is -0.0662. The Labute approximate surface area is 139 Å². The van der Waals surface area contributed by atoms with Gasteiger partial charge in [-0.3, -0.25) is 0 Å². The second-order valence-electron chi connectivity index (χ2n) is 10.3. The lowest BCUT2D eigenvalue weighted by molar-refractivity contribution is 0.240. The van der Waals surface area contributed by atoms with E-state index in [1.165, 1.54) is 5.76 Å². The van der Waals surface area contributed by atoms with Gasteiger partial charge in [0.05, 0.1) is 5.76 Å². The van der Waals surface area contributed by atoms with Crippen molar-refractivity contribution in [1.29, 1.82) is 0 Å². The number of hydrogen-bond acceptors (Lipinski definition) is 2. The molecule has 3 atom stereocenters. The molecule has 0 aromatic carbocycles. The molecule has 0 radical (unpaired) electrons. The van der Waals surface area contributed by atoms with Gasteiger partial charge in [0.1, 0.15) is 0 Å². The van der Waals surface area contributed by atoms with Crippen molar-refractivity contribution in [1.82, 2.24) is 0 Å². The number of allylic oxidation sites excluding steroid dienone is 2. The fourth-order valence-electron chi connectivity index (χ4n) is 3.67. The quantitative estimate of drug-likeness (QED) is 0.590. The number of fused-ring (bicyclic) bond motifs is 1. The minimum absolute atomic E-state index is 0.282. The van der Waals surface area contributed by atoms with Crippen LogP contribution in [0.5, 0.6) is 0 Å². The molecule has 1 saturated carbocycles. The fraction of sp³-hybridized carbons (Fsp3) is 0.889. The summed E-state index contributed by atoms with van der Waals surface area (Å²) in [6.07, 6.45) is 3.52. The van der Waals surface area contributed by atoms with Crippen molar-refractivity contribution in [3.05, 3.63) is 11.8 Å². The third kappa shape index (κ3) is 2.98. The summed E-state index contributed by atoms with van der Waals surface area (Å²) in [6.45, 7) is 24.2. The van der Waals surface area contributed by atoms with Crippen LogP contribution in [0.15, 0.2) is 11.8 Å². The summed E-state index contributed by atoms with van der Waals surface area (Å²) in [5, 5.41) is 0.292. The Morgan fingerprint density at radius 1 is 1.14 bits per heavy atom. The van der Waals surface area contributed by atoms with E-state index in [0.29, 0.717) is 16.4 Å². The maximum Gasteiger partial charge on any atom is 0.241 e. The van der Waals surface area contributed by atoms with Crippen LogP contribution in [-0.2, 0) is 8.85 Å². The molecule has 1 unspecified atom stereocenters. The molecule has 1 fully saturated rings. The van der Waals surface area contributed by atoms with Crippen LogP contribution in [0.25, 0.3) is 0 Å². The molecule has 22 heavy (non-hydrogen) atoms. The average Bonchev–Trinajstić information content (AvgIpc) is 2.51. The first-order valence-corrected chi connectivity index (χ1v) is 15.0. The molecule has 0 bridgehead atoms. The summed E-state index contributed by atoms with van der Waals surface area (Å²) in [7, 11) is -3.13. The van der Waals surface area contributed by atoms with Crippen molar-refractivity contribution >= 4 is 16.6 Å². The highest BCUT2D eigenvalue weighted by atomic mass is 28.4. The minimum atomic E-state index is -1.64. The molecule has 2 rings (SSSR count). The van der Waals surface area contributed by atoms with E-state index in [-0.39, 0.29) is 5.41 Å². The lowest BCUT2D eigenvalue weighted by atomic mass is 10.00. The Morgan fingerprint density at radius 2 is 1.68 bits per heavy atom. The average molecular weight is 341 g/mol. The van der Waals surface area contributed by atoms with Crippen molar-refractivity contribution in [3.63, 3.8) is 0 Å². The van der Waals surface area contributed by atoms with Crippen LogP contribution in [0.2, 0.25) is 37.8 Å². The smallest absolute Gasteiger partial charge is 0.241 e. The van der Waals surface area contributed by atoms with E-state index in [2.05, 4.69) is 73.4 Å². The molecule has 0 heterocycles. The maximum absolute atomic E-state index is 6.50. The predicted octanol–water partition coefficient (Wildman–Crippen LogP) is 5.79. The third-order valence-electron chi connectivity index (χ3n) is 6.50. The number of hydrogen-bond donors (Lipinski definition) is 0. The van der Waals surface area contributed by atoms with Crippen LogP contribution in [0.1, 0.15) is 41.0 Å². The molecule has 0 aliphatic heterocycles. The van der Waals surface area contributed by atoms with Gasteiger partial charge in [-0.2, -0.15) is 0 Å². The van der Waals surface area contributed by atoms with Crippen molar-refractivity contribution in [3.8, 4) is 0 Å². The Morgan fingerprint density at radius 3 is 2.05 bits per heavy atom. The zero-order valence-corrected chi connectivity index (χ0v) is 18.4. The monoisotopic (exact) mass is 340 g/mol. The highest BCUT2D eigenvalue weighted by Gasteiger charge is 2.72. The van der Waals surface area contributed by atoms with Crippen LogP contribution < -0.4 is 0 Å². The van der Waals surface area contributed by atoms with E-state index in [0.717, 1.165) is 13.0 Å². The first-order valence-electron chi connectivity index (χ1n) is 8.67. The first kappa shape index (κ1) is 18.3. The molecule has 2 nitrogen and oxygen atoms in total. The molecular weight excluding hydrogens is 304 g/mol. The number of rotatable bonds is 5. The van der Waals surface area contributed by atoms with Crippen LogP contribution >= 0.6 is 0 Å². The highest BCUT2D eigenvalue weighted by Crippen LogP contribution is 2.76. The van der Waals surface area contributed by atoms with Crippen LogP contribution in [0, 0.1) is 16.7 Å². The zero-order chi connectivity index (χ0) is 17.2. The van der Waals surface area contributed by atoms with Crippen LogP contribution in [0.3, 0.4) is 0 Å². The normalized spacial score (nSPS) is 35.2. The van der Waals surface area contributed by atoms with E-state index in [1.807, 2.05) is 0 Å². The maximum atomic E-state index is 6.50. The Balaban J connectivity index is 2.01. The largest absolute Gasteiger partial charge is 0.548 e. The third-order valence-corrected chi connectivity index (χ3v) is 11.9. The minimum Gasteiger partial charge on any atom is -0.548 e. The second-order valence-corrected chi connectivity index (χ2v) is 19.6. The summed E-state index contributed by atoms with van der Waals surface area (Å²) >= 11 is 0. The van der Waals surface area contributed by atoms with Crippen molar-refractivity contribution < 1.29 is 8.85 Å². The van der Waals surface area contributed by atoms with Gasteiger partial charge in [-0.25, -0.2) is 0 Å². The molecular formula is C18H36O2Si2. The SMILES string of the molecule is CC(C)(C)[Si](C)(C)OCC1[C@]2(C)CC(O[Si](C)(C)C)=C[C@]12C. The van der Waals surface area contributed by atoms with Crippen molar-refractivity contribution in [2.45, 2.75) is 78.8 Å². The summed E-state index contributed by atoms with van der Waals surface area (Å²) in [5.41, 5.74) is 0.634. The Kier molecular flexibility index (Phi) is 4.12. The standard InChI is InChI=1S/C18H36O2Si2/c1-16(2,3)22(9,10)19-13-15-17(4)11-14(12-18(15,17)5)20-21(6,7)8/h11,15H,12-13H2,1-10H3/t15?,17-,18+/m1/s1. The summed E-state index contributed by atoms with van der Waals surface area (Å²) in [6, 6.07) is 0. The molecule has 0 aromatic heterocycles. The highest BCUT2D eigenvalue weighted by molar-refractivity contribution is 6.74. The molecule has 0 spiro atoms. The van der Waals surface area contributed by atoms with Crippen LogP contribution in [-0.4, -0.2) is 23.2 Å². The molecule has 2 aliphatic carbocycles. The van der Waals surface area contributed by atoms with Gasteiger partial charge in [0, 0.05) is 18.4 Å². The topological polar surface area (TPSA) is 18.5 Å². The van der Waals surface area contributed by atoms with Gasteiger partial charge in [-0.1, -0.05) is 34.6 Å². The molecule has 0 N–H and O–H groups in total. The van der Waals surface area contributed by atoms with E-state index >= 15 is 0 Å². The lowest BCUT2D eigenvalue weighted by Gasteiger charge is -2.36. The molecule has 0 amide bonds. The molecule has 0 saturated heterocycles. The van der Waals surface area contributed by atoms with Gasteiger partial charge in [0.25, 0.3) is 0 Å². The summed E-state index contributed by atoms with van der Waals surface area (Å²) in [4.78, 5) is 0. The molecule has 128 valence electrons. The second kappa shape index (κ2) is 4.96. The van der Waals surface area contributed by atoms with Crippen molar-refractivity contribution in [2.75, 3.05) is 6.61 Å². The van der Waals surface area contributed by atoms with Gasteiger partial charge in [-0.15, -0.1) is 0 Å². The first-order chi connectivity index (χ1) is 9.62. The molecule has 4 heteroatoms. The van der Waals surface area contributed by atoms with Crippen LogP contribution in [0.4, 0.5) is 0 Å². The fourth-order valence-corrected chi connectivity index (χ4v) is 5.60. The van der Waals surface area contributed by atoms with Gasteiger partial charge in [0.15, 0.2) is 8.32 Å². The summed E-state index contributed by atoms with van der Waals surface area (Å²) < 4.78 is 12.7. The van der Waals surface area contributed by atoms with Gasteiger partial charge < -0.3 is 8.85 Å². The van der Waals surface area contributed by atoms with E-state index in [9.17, 15) is 0 Å². The lowest BCUT2D eigenvalue weighted by Crippen LogP contribution is -2.41. The van der Waals surface area contributed by atoms with E-state index in [4.69, 9.17) is 8.85 Å². The molecule has 0 aromatic rings. The predicted molar refractivity (Wildman–Crippen MR) is 100.0 cm³/mol. The van der Waals surface area contributed by atoms with Gasteiger partial charge in [0.2, 0.25) is 8.32 Å². The van der Waals surface area contributed by atoms with E-state index < -0.39 is 16.6 Å². The zero-order valence-electron chi connectivity index (χ0n) is 16.4. The van der Waals surface area contributed by atoms with Gasteiger partial charge in [-0.05, 0) is 55.2 Å². The molecule has 2 aliphatic rings. The van der Waals surface area contributed by atoms with Gasteiger partial charge >= 0.3 is 0 Å². The van der Waals surface area contributed by atoms with E-state index in [1.54, 1.807) is 0 Å². The van der Waals surface area contributed by atoms with Crippen molar-refractivity contribution in [2.24, 2.45) is 16.7 Å². The summed E-state index contributed by atoms with van der Waals surface area (Å²) in [5.74, 6) is 1.90.